The van der Waals surface area contributed by atoms with Crippen molar-refractivity contribution in [2.75, 3.05) is 24.5 Å². The second kappa shape index (κ2) is 3.48. The average Bonchev–Trinajstić information content (AvgIpc) is 2.97. The Balaban J connectivity index is 1.73. The van der Waals surface area contributed by atoms with Gasteiger partial charge in [-0.2, -0.15) is 4.98 Å². The molecule has 5 nitrogen and oxygen atoms in total. The van der Waals surface area contributed by atoms with Gasteiger partial charge in [-0.05, 0) is 19.8 Å². The molecule has 0 spiro atoms. The summed E-state index contributed by atoms with van der Waals surface area (Å²) in [6.45, 7) is 5.23. The number of rotatable bonds is 2. The highest BCUT2D eigenvalue weighted by Gasteiger charge is 2.28. The SMILES string of the molecule is C[C@H]1CN(c2n[nH]c(C3CC3)n2)CCN1. The molecule has 1 aromatic heterocycles. The molecule has 1 saturated carbocycles. The summed E-state index contributed by atoms with van der Waals surface area (Å²) in [6.07, 6.45) is 2.54. The van der Waals surface area contributed by atoms with Gasteiger partial charge in [0.05, 0.1) is 0 Å². The molecule has 2 N–H and O–H groups in total. The number of aromatic amines is 1. The van der Waals surface area contributed by atoms with E-state index in [1.165, 1.54) is 12.8 Å². The van der Waals surface area contributed by atoms with Crippen LogP contribution in [0.3, 0.4) is 0 Å². The van der Waals surface area contributed by atoms with E-state index in [4.69, 9.17) is 0 Å². The Labute approximate surface area is 89.3 Å². The van der Waals surface area contributed by atoms with Crippen molar-refractivity contribution in [3.8, 4) is 0 Å². The smallest absolute Gasteiger partial charge is 0.244 e. The summed E-state index contributed by atoms with van der Waals surface area (Å²) >= 11 is 0. The van der Waals surface area contributed by atoms with Gasteiger partial charge in [0.1, 0.15) is 5.82 Å². The summed E-state index contributed by atoms with van der Waals surface area (Å²) < 4.78 is 0. The van der Waals surface area contributed by atoms with Crippen molar-refractivity contribution < 1.29 is 0 Å². The predicted molar refractivity (Wildman–Crippen MR) is 58.0 cm³/mol. The normalized spacial score (nSPS) is 27.0. The standard InChI is InChI=1S/C10H17N5/c1-7-6-15(5-4-11-7)10-12-9(13-14-10)8-2-3-8/h7-8,11H,2-6H2,1H3,(H,12,13,14)/t7-/m0/s1. The number of hydrogen-bond donors (Lipinski definition) is 2. The molecule has 0 bridgehead atoms. The molecule has 2 fully saturated rings. The number of hydrogen-bond acceptors (Lipinski definition) is 4. The van der Waals surface area contributed by atoms with Gasteiger partial charge in [0.25, 0.3) is 0 Å². The molecule has 0 amide bonds. The Hall–Kier alpha value is -1.10. The summed E-state index contributed by atoms with van der Waals surface area (Å²) in [5.41, 5.74) is 0. The molecule has 3 rings (SSSR count). The zero-order valence-electron chi connectivity index (χ0n) is 9.03. The van der Waals surface area contributed by atoms with E-state index in [9.17, 15) is 0 Å². The first-order valence-electron chi connectivity index (χ1n) is 5.73. The van der Waals surface area contributed by atoms with E-state index in [2.05, 4.69) is 32.3 Å². The highest BCUT2D eigenvalue weighted by Crippen LogP contribution is 2.38. The molecule has 1 aliphatic heterocycles. The van der Waals surface area contributed by atoms with Crippen molar-refractivity contribution in [3.63, 3.8) is 0 Å². The van der Waals surface area contributed by atoms with Gasteiger partial charge in [-0.1, -0.05) is 0 Å². The first kappa shape index (κ1) is 9.15. The molecule has 82 valence electrons. The minimum absolute atomic E-state index is 0.529. The molecule has 1 atom stereocenters. The Kier molecular flexibility index (Phi) is 2.12. The number of aromatic nitrogens is 3. The van der Waals surface area contributed by atoms with Crippen LogP contribution in [0.15, 0.2) is 0 Å². The van der Waals surface area contributed by atoms with Crippen molar-refractivity contribution >= 4 is 5.95 Å². The van der Waals surface area contributed by atoms with Crippen molar-refractivity contribution in [3.05, 3.63) is 5.82 Å². The fourth-order valence-corrected chi connectivity index (χ4v) is 2.06. The molecule has 1 aromatic rings. The molecule has 1 aliphatic carbocycles. The van der Waals surface area contributed by atoms with Crippen LogP contribution in [0.25, 0.3) is 0 Å². The molecule has 0 radical (unpaired) electrons. The molecule has 2 aliphatic rings. The van der Waals surface area contributed by atoms with Crippen molar-refractivity contribution in [2.45, 2.75) is 31.7 Å². The van der Waals surface area contributed by atoms with E-state index < -0.39 is 0 Å². The van der Waals surface area contributed by atoms with E-state index in [1.807, 2.05) is 0 Å². The van der Waals surface area contributed by atoms with Gasteiger partial charge in [0.2, 0.25) is 5.95 Å². The van der Waals surface area contributed by atoms with E-state index in [1.54, 1.807) is 0 Å². The van der Waals surface area contributed by atoms with Crippen LogP contribution < -0.4 is 10.2 Å². The molecule has 5 heteroatoms. The molecule has 0 aromatic carbocycles. The highest BCUT2D eigenvalue weighted by atomic mass is 15.4. The second-order valence-electron chi connectivity index (χ2n) is 4.60. The quantitative estimate of drug-likeness (QED) is 0.740. The first-order valence-corrected chi connectivity index (χ1v) is 5.73. The second-order valence-corrected chi connectivity index (χ2v) is 4.60. The summed E-state index contributed by atoms with van der Waals surface area (Å²) in [7, 11) is 0. The van der Waals surface area contributed by atoms with Crippen LogP contribution in [0.4, 0.5) is 5.95 Å². The molecule has 15 heavy (non-hydrogen) atoms. The van der Waals surface area contributed by atoms with Crippen LogP contribution in [0, 0.1) is 0 Å². The number of nitrogens with zero attached hydrogens (tertiary/aromatic N) is 3. The van der Waals surface area contributed by atoms with E-state index in [-0.39, 0.29) is 0 Å². The van der Waals surface area contributed by atoms with Crippen LogP contribution in [-0.2, 0) is 0 Å². The number of H-pyrrole nitrogens is 1. The maximum absolute atomic E-state index is 4.56. The predicted octanol–water partition coefficient (Wildman–Crippen LogP) is 0.480. The highest BCUT2D eigenvalue weighted by molar-refractivity contribution is 5.31. The van der Waals surface area contributed by atoms with Crippen LogP contribution >= 0.6 is 0 Å². The summed E-state index contributed by atoms with van der Waals surface area (Å²) in [4.78, 5) is 6.82. The van der Waals surface area contributed by atoms with Gasteiger partial charge in [-0.3, -0.25) is 5.10 Å². The largest absolute Gasteiger partial charge is 0.337 e. The van der Waals surface area contributed by atoms with Crippen LogP contribution in [0.1, 0.15) is 31.5 Å². The number of nitrogens with one attached hydrogen (secondary N) is 2. The van der Waals surface area contributed by atoms with Crippen LogP contribution in [0.2, 0.25) is 0 Å². The lowest BCUT2D eigenvalue weighted by Crippen LogP contribution is -2.49. The summed E-state index contributed by atoms with van der Waals surface area (Å²) in [6, 6.07) is 0.529. The lowest BCUT2D eigenvalue weighted by molar-refractivity contribution is 0.480. The lowest BCUT2D eigenvalue weighted by Gasteiger charge is -2.30. The maximum Gasteiger partial charge on any atom is 0.244 e. The number of anilines is 1. The number of piperazine rings is 1. The molecule has 1 saturated heterocycles. The van der Waals surface area contributed by atoms with Gasteiger partial charge < -0.3 is 10.2 Å². The Morgan fingerprint density at radius 1 is 1.40 bits per heavy atom. The lowest BCUT2D eigenvalue weighted by atomic mass is 10.2. The van der Waals surface area contributed by atoms with Gasteiger partial charge in [-0.25, -0.2) is 0 Å². The van der Waals surface area contributed by atoms with Gasteiger partial charge in [0, 0.05) is 31.6 Å². The fraction of sp³-hybridized carbons (Fsp3) is 0.800. The Morgan fingerprint density at radius 3 is 3.00 bits per heavy atom. The Bertz CT molecular complexity index is 343. The first-order chi connectivity index (χ1) is 7.33. The summed E-state index contributed by atoms with van der Waals surface area (Å²) in [5, 5.41) is 10.8. The third kappa shape index (κ3) is 1.84. The van der Waals surface area contributed by atoms with Crippen LogP contribution in [0.5, 0.6) is 0 Å². The van der Waals surface area contributed by atoms with Crippen molar-refractivity contribution in [2.24, 2.45) is 0 Å². The van der Waals surface area contributed by atoms with E-state index in [0.717, 1.165) is 31.4 Å². The van der Waals surface area contributed by atoms with Crippen molar-refractivity contribution in [1.29, 1.82) is 0 Å². The fourth-order valence-electron chi connectivity index (χ4n) is 2.06. The third-order valence-electron chi connectivity index (χ3n) is 3.11. The van der Waals surface area contributed by atoms with E-state index in [0.29, 0.717) is 12.0 Å². The Morgan fingerprint density at radius 2 is 2.27 bits per heavy atom. The minimum Gasteiger partial charge on any atom is -0.337 e. The van der Waals surface area contributed by atoms with Gasteiger partial charge >= 0.3 is 0 Å². The zero-order chi connectivity index (χ0) is 10.3. The maximum atomic E-state index is 4.56. The van der Waals surface area contributed by atoms with Gasteiger partial charge in [-0.15, -0.1) is 5.10 Å². The molecule has 2 heterocycles. The molecular weight excluding hydrogens is 190 g/mol. The minimum atomic E-state index is 0.529. The van der Waals surface area contributed by atoms with Crippen LogP contribution in [-0.4, -0.2) is 40.9 Å². The zero-order valence-corrected chi connectivity index (χ0v) is 9.03. The molecule has 0 unspecified atom stereocenters. The topological polar surface area (TPSA) is 56.8 Å². The average molecular weight is 207 g/mol. The van der Waals surface area contributed by atoms with E-state index >= 15 is 0 Å². The summed E-state index contributed by atoms with van der Waals surface area (Å²) in [5.74, 6) is 2.62. The molecular formula is C10H17N5. The van der Waals surface area contributed by atoms with Gasteiger partial charge in [0.15, 0.2) is 0 Å². The monoisotopic (exact) mass is 207 g/mol. The third-order valence-corrected chi connectivity index (χ3v) is 3.11. The van der Waals surface area contributed by atoms with Crippen molar-refractivity contribution in [1.82, 2.24) is 20.5 Å².